The summed E-state index contributed by atoms with van der Waals surface area (Å²) in [6.07, 6.45) is 0. The normalized spacial score (nSPS) is 11.5. The first-order chi connectivity index (χ1) is 28.2. The Morgan fingerprint density at radius 3 is 1.63 bits per heavy atom. The lowest BCUT2D eigenvalue weighted by atomic mass is 9.97. The Morgan fingerprint density at radius 1 is 0.333 bits per heavy atom. The highest BCUT2D eigenvalue weighted by molar-refractivity contribution is 6.24. The Labute approximate surface area is 329 Å². The molecule has 266 valence electrons. The van der Waals surface area contributed by atoms with Crippen molar-refractivity contribution in [2.24, 2.45) is 0 Å². The van der Waals surface area contributed by atoms with Crippen molar-refractivity contribution in [1.29, 1.82) is 0 Å². The molecule has 4 heteroatoms. The number of fused-ring (bicyclic) bond motifs is 7. The quantitative estimate of drug-likeness (QED) is 0.160. The van der Waals surface area contributed by atoms with Crippen molar-refractivity contribution in [3.63, 3.8) is 0 Å². The van der Waals surface area contributed by atoms with Gasteiger partial charge in [-0.2, -0.15) is 0 Å². The van der Waals surface area contributed by atoms with Crippen LogP contribution in [0.2, 0.25) is 0 Å². The van der Waals surface area contributed by atoms with Gasteiger partial charge in [-0.3, -0.25) is 0 Å². The van der Waals surface area contributed by atoms with Gasteiger partial charge in [-0.05, 0) is 52.6 Å². The molecule has 0 fully saturated rings. The summed E-state index contributed by atoms with van der Waals surface area (Å²) in [6, 6.07) is 69.5. The molecule has 0 spiro atoms. The Bertz CT molecular complexity index is 3260. The minimum Gasteiger partial charge on any atom is -0.455 e. The molecule has 11 aromatic rings. The third-order valence-corrected chi connectivity index (χ3v) is 10.9. The number of rotatable bonds is 6. The van der Waals surface area contributed by atoms with Gasteiger partial charge in [-0.25, -0.2) is 15.0 Å². The third-order valence-electron chi connectivity index (χ3n) is 10.9. The number of furan rings is 1. The van der Waals surface area contributed by atoms with Crippen LogP contribution in [-0.4, -0.2) is 15.0 Å². The largest absolute Gasteiger partial charge is 0.455 e. The minimum absolute atomic E-state index is 0.694. The first-order valence-corrected chi connectivity index (χ1v) is 19.2. The zero-order valence-corrected chi connectivity index (χ0v) is 30.8. The van der Waals surface area contributed by atoms with Crippen LogP contribution in [0, 0.1) is 0 Å². The van der Waals surface area contributed by atoms with Crippen LogP contribution >= 0.6 is 0 Å². The molecular weight excluding hydrogens is 695 g/mol. The molecule has 3 heterocycles. The third kappa shape index (κ3) is 5.74. The molecule has 0 N–H and O–H groups in total. The van der Waals surface area contributed by atoms with E-state index in [4.69, 9.17) is 19.4 Å². The summed E-state index contributed by atoms with van der Waals surface area (Å²) >= 11 is 0. The number of hydrogen-bond donors (Lipinski definition) is 0. The average molecular weight is 728 g/mol. The minimum atomic E-state index is 0.694. The topological polar surface area (TPSA) is 51.8 Å². The molecule has 0 amide bonds. The van der Waals surface area contributed by atoms with E-state index in [2.05, 4.69) is 164 Å². The predicted molar refractivity (Wildman–Crippen MR) is 235 cm³/mol. The van der Waals surface area contributed by atoms with Gasteiger partial charge in [0.25, 0.3) is 0 Å². The molecule has 0 aliphatic rings. The fourth-order valence-electron chi connectivity index (χ4n) is 8.12. The molecule has 8 aromatic carbocycles. The van der Waals surface area contributed by atoms with Gasteiger partial charge in [0, 0.05) is 49.2 Å². The van der Waals surface area contributed by atoms with Crippen molar-refractivity contribution < 1.29 is 4.42 Å². The summed E-state index contributed by atoms with van der Waals surface area (Å²) in [7, 11) is 0. The fourth-order valence-corrected chi connectivity index (χ4v) is 8.12. The molecular formula is C53H33N3O. The van der Waals surface area contributed by atoms with Gasteiger partial charge in [-0.15, -0.1) is 0 Å². The van der Waals surface area contributed by atoms with Crippen LogP contribution in [0.25, 0.3) is 111 Å². The molecule has 0 atom stereocenters. The number of nitrogens with zero attached hydrogens (tertiary/aromatic N) is 3. The smallest absolute Gasteiger partial charge is 0.161 e. The van der Waals surface area contributed by atoms with E-state index in [1.807, 2.05) is 36.4 Å². The maximum Gasteiger partial charge on any atom is 0.161 e. The molecule has 4 nitrogen and oxygen atoms in total. The van der Waals surface area contributed by atoms with Crippen molar-refractivity contribution in [3.8, 4) is 67.4 Å². The van der Waals surface area contributed by atoms with Crippen LogP contribution in [0.15, 0.2) is 205 Å². The Kier molecular flexibility index (Phi) is 7.78. The van der Waals surface area contributed by atoms with E-state index in [1.165, 1.54) is 0 Å². The lowest BCUT2D eigenvalue weighted by molar-refractivity contribution is 0.673. The van der Waals surface area contributed by atoms with Gasteiger partial charge in [0.05, 0.1) is 22.6 Å². The molecule has 0 aliphatic carbocycles. The fraction of sp³-hybridized carbons (Fsp3) is 0. The first kappa shape index (κ1) is 32.7. The van der Waals surface area contributed by atoms with Crippen molar-refractivity contribution >= 4 is 43.6 Å². The van der Waals surface area contributed by atoms with E-state index in [1.54, 1.807) is 0 Å². The van der Waals surface area contributed by atoms with E-state index in [0.717, 1.165) is 105 Å². The van der Waals surface area contributed by atoms with Gasteiger partial charge in [0.15, 0.2) is 5.82 Å². The summed E-state index contributed by atoms with van der Waals surface area (Å²) in [5.74, 6) is 0.694. The molecule has 0 unspecified atom stereocenters. The molecule has 57 heavy (non-hydrogen) atoms. The van der Waals surface area contributed by atoms with Gasteiger partial charge >= 0.3 is 0 Å². The molecule has 0 aliphatic heterocycles. The highest BCUT2D eigenvalue weighted by Gasteiger charge is 2.18. The van der Waals surface area contributed by atoms with Gasteiger partial charge in [-0.1, -0.05) is 170 Å². The summed E-state index contributed by atoms with van der Waals surface area (Å²) in [6.45, 7) is 0. The molecule has 0 radical (unpaired) electrons. The van der Waals surface area contributed by atoms with Crippen molar-refractivity contribution in [3.05, 3.63) is 200 Å². The number of pyridine rings is 1. The van der Waals surface area contributed by atoms with Crippen LogP contribution in [0.4, 0.5) is 0 Å². The van der Waals surface area contributed by atoms with Crippen molar-refractivity contribution in [2.75, 3.05) is 0 Å². The standard InChI is InChI=1S/C53H33N3O/c1-4-14-35(15-5-1)40-20-10-11-21-42(40)53-55-47(36-16-6-2-7-17-36)33-48(56-53)37-26-24-34(25-27-37)39-28-31-49-45(32-39)41-29-30-44-50(52(41)57-49)43-22-12-13-23-46(43)54-51(44)38-18-8-3-9-19-38/h1-33H. The predicted octanol–water partition coefficient (Wildman–Crippen LogP) is 14.1. The highest BCUT2D eigenvalue weighted by Crippen LogP contribution is 2.42. The first-order valence-electron chi connectivity index (χ1n) is 19.2. The lowest BCUT2D eigenvalue weighted by Gasteiger charge is -2.13. The Hall–Kier alpha value is -7.69. The monoisotopic (exact) mass is 727 g/mol. The van der Waals surface area contributed by atoms with E-state index in [9.17, 15) is 0 Å². The maximum absolute atomic E-state index is 6.72. The molecule has 3 aromatic heterocycles. The number of benzene rings is 8. The summed E-state index contributed by atoms with van der Waals surface area (Å²) in [5, 5.41) is 5.42. The van der Waals surface area contributed by atoms with E-state index < -0.39 is 0 Å². The van der Waals surface area contributed by atoms with Gasteiger partial charge < -0.3 is 4.42 Å². The average Bonchev–Trinajstić information content (AvgIpc) is 3.68. The van der Waals surface area contributed by atoms with E-state index >= 15 is 0 Å². The second-order valence-corrected chi connectivity index (χ2v) is 14.3. The van der Waals surface area contributed by atoms with E-state index in [-0.39, 0.29) is 0 Å². The Balaban J connectivity index is 1.01. The molecule has 0 saturated carbocycles. The van der Waals surface area contributed by atoms with Crippen LogP contribution in [0.5, 0.6) is 0 Å². The number of aromatic nitrogens is 3. The number of para-hydroxylation sites is 1. The lowest BCUT2D eigenvalue weighted by Crippen LogP contribution is -1.97. The van der Waals surface area contributed by atoms with Crippen molar-refractivity contribution in [2.45, 2.75) is 0 Å². The molecule has 0 saturated heterocycles. The van der Waals surface area contributed by atoms with Crippen LogP contribution in [0.1, 0.15) is 0 Å². The Morgan fingerprint density at radius 2 is 0.895 bits per heavy atom. The maximum atomic E-state index is 6.72. The second-order valence-electron chi connectivity index (χ2n) is 14.3. The summed E-state index contributed by atoms with van der Waals surface area (Å²) < 4.78 is 6.72. The summed E-state index contributed by atoms with van der Waals surface area (Å²) in [5.41, 5.74) is 14.0. The van der Waals surface area contributed by atoms with Crippen molar-refractivity contribution in [1.82, 2.24) is 15.0 Å². The van der Waals surface area contributed by atoms with E-state index in [0.29, 0.717) is 5.82 Å². The van der Waals surface area contributed by atoms with Gasteiger partial charge in [0.1, 0.15) is 11.2 Å². The zero-order valence-electron chi connectivity index (χ0n) is 30.8. The van der Waals surface area contributed by atoms with Crippen LogP contribution in [0.3, 0.4) is 0 Å². The molecule has 0 bridgehead atoms. The SMILES string of the molecule is c1ccc(-c2cc(-c3ccc(-c4ccc5oc6c(ccc7c(-c8ccccc8)nc8ccccc8c76)c5c4)cc3)nc(-c3ccccc3-c3ccccc3)n2)cc1. The summed E-state index contributed by atoms with van der Waals surface area (Å²) in [4.78, 5) is 15.5. The zero-order chi connectivity index (χ0) is 37.7. The van der Waals surface area contributed by atoms with Crippen LogP contribution in [-0.2, 0) is 0 Å². The van der Waals surface area contributed by atoms with Crippen LogP contribution < -0.4 is 0 Å². The second kappa shape index (κ2) is 13.6. The van der Waals surface area contributed by atoms with Gasteiger partial charge in [0.2, 0.25) is 0 Å². The number of hydrogen-bond acceptors (Lipinski definition) is 4. The molecule has 11 rings (SSSR count). The highest BCUT2D eigenvalue weighted by atomic mass is 16.3.